The lowest BCUT2D eigenvalue weighted by atomic mass is 9.91. The van der Waals surface area contributed by atoms with Gasteiger partial charge in [0.25, 0.3) is 0 Å². The van der Waals surface area contributed by atoms with Crippen LogP contribution in [-0.4, -0.2) is 45.7 Å². The van der Waals surface area contributed by atoms with Crippen LogP contribution >= 0.6 is 0 Å². The van der Waals surface area contributed by atoms with Crippen molar-refractivity contribution in [3.8, 4) is 0 Å². The summed E-state index contributed by atoms with van der Waals surface area (Å²) >= 11 is 0. The van der Waals surface area contributed by atoms with Gasteiger partial charge in [-0.15, -0.1) is 0 Å². The van der Waals surface area contributed by atoms with Crippen LogP contribution in [-0.2, 0) is 6.54 Å². The van der Waals surface area contributed by atoms with Crippen LogP contribution in [0.3, 0.4) is 0 Å². The number of aromatic nitrogens is 2. The van der Waals surface area contributed by atoms with Gasteiger partial charge in [-0.2, -0.15) is 0 Å². The van der Waals surface area contributed by atoms with Crippen LogP contribution in [0.25, 0.3) is 0 Å². The lowest BCUT2D eigenvalue weighted by Crippen LogP contribution is -2.63. The van der Waals surface area contributed by atoms with Crippen molar-refractivity contribution in [1.82, 2.24) is 19.8 Å². The molecule has 2 atom stereocenters. The minimum Gasteiger partial charge on any atom is -0.334 e. The highest BCUT2D eigenvalue weighted by molar-refractivity contribution is 4.95. The Hall–Kier alpha value is -0.870. The Kier molecular flexibility index (Phi) is 4.86. The molecular weight excluding hydrogens is 248 g/mol. The molecule has 0 aliphatic carbocycles. The van der Waals surface area contributed by atoms with E-state index >= 15 is 0 Å². The number of nitrogens with one attached hydrogen (secondary N) is 1. The Labute approximate surface area is 123 Å². The summed E-state index contributed by atoms with van der Waals surface area (Å²) in [4.78, 5) is 6.94. The molecule has 1 aromatic rings. The van der Waals surface area contributed by atoms with Gasteiger partial charge < -0.3 is 9.88 Å². The maximum absolute atomic E-state index is 4.31. The van der Waals surface area contributed by atoms with E-state index in [1.54, 1.807) is 0 Å². The van der Waals surface area contributed by atoms with Gasteiger partial charge in [-0.3, -0.25) is 4.90 Å². The average molecular weight is 278 g/mol. The molecule has 0 amide bonds. The molecule has 114 valence electrons. The fraction of sp³-hybridized carbons (Fsp3) is 0.812. The fourth-order valence-corrected chi connectivity index (χ4v) is 2.97. The molecule has 2 heterocycles. The Bertz CT molecular complexity index is 424. The molecule has 0 saturated carbocycles. The maximum atomic E-state index is 4.31. The molecular formula is C16H30N4. The highest BCUT2D eigenvalue weighted by Gasteiger charge is 2.34. The molecule has 1 aliphatic rings. The Morgan fingerprint density at radius 1 is 1.45 bits per heavy atom. The Morgan fingerprint density at radius 3 is 2.80 bits per heavy atom. The van der Waals surface area contributed by atoms with Gasteiger partial charge in [0.15, 0.2) is 0 Å². The van der Waals surface area contributed by atoms with E-state index in [0.29, 0.717) is 6.04 Å². The van der Waals surface area contributed by atoms with Gasteiger partial charge >= 0.3 is 0 Å². The van der Waals surface area contributed by atoms with E-state index in [2.05, 4.69) is 60.6 Å². The van der Waals surface area contributed by atoms with Crippen LogP contribution in [0.1, 0.15) is 39.9 Å². The molecule has 1 aliphatic heterocycles. The molecule has 0 radical (unpaired) electrons. The molecule has 1 aromatic heterocycles. The van der Waals surface area contributed by atoms with Crippen LogP contribution in [0.15, 0.2) is 12.4 Å². The van der Waals surface area contributed by atoms with Crippen molar-refractivity contribution >= 4 is 0 Å². The fourth-order valence-electron chi connectivity index (χ4n) is 2.97. The van der Waals surface area contributed by atoms with Crippen LogP contribution in [0.2, 0.25) is 0 Å². The standard InChI is InChI=1S/C16H30N4/c1-6-13(2)15-11-20(16(4,5)12-18-15)10-9-19-8-7-17-14(19)3/h7-8,13,15,18H,6,9-12H2,1-5H3. The minimum atomic E-state index is 0.235. The van der Waals surface area contributed by atoms with Crippen molar-refractivity contribution in [2.75, 3.05) is 19.6 Å². The number of piperazine rings is 1. The first-order valence-electron chi connectivity index (χ1n) is 7.90. The predicted molar refractivity (Wildman–Crippen MR) is 83.9 cm³/mol. The van der Waals surface area contributed by atoms with Crippen molar-refractivity contribution < 1.29 is 0 Å². The van der Waals surface area contributed by atoms with E-state index in [-0.39, 0.29) is 5.54 Å². The van der Waals surface area contributed by atoms with Crippen LogP contribution in [0.5, 0.6) is 0 Å². The maximum Gasteiger partial charge on any atom is 0.105 e. The lowest BCUT2D eigenvalue weighted by Gasteiger charge is -2.47. The molecule has 4 heteroatoms. The molecule has 1 saturated heterocycles. The number of aryl methyl sites for hydroxylation is 1. The molecule has 0 aromatic carbocycles. The smallest absolute Gasteiger partial charge is 0.105 e. The number of nitrogens with zero attached hydrogens (tertiary/aromatic N) is 3. The monoisotopic (exact) mass is 278 g/mol. The van der Waals surface area contributed by atoms with Gasteiger partial charge in [0.2, 0.25) is 0 Å². The second-order valence-corrected chi connectivity index (χ2v) is 6.80. The third-order valence-electron chi connectivity index (χ3n) is 4.94. The summed E-state index contributed by atoms with van der Waals surface area (Å²) in [5.41, 5.74) is 0.235. The Morgan fingerprint density at radius 2 is 2.20 bits per heavy atom. The highest BCUT2D eigenvalue weighted by atomic mass is 15.3. The molecule has 0 spiro atoms. The summed E-state index contributed by atoms with van der Waals surface area (Å²) in [5.74, 6) is 1.85. The van der Waals surface area contributed by atoms with E-state index in [1.165, 1.54) is 6.42 Å². The van der Waals surface area contributed by atoms with E-state index in [0.717, 1.165) is 37.9 Å². The zero-order valence-electron chi connectivity index (χ0n) is 13.7. The summed E-state index contributed by atoms with van der Waals surface area (Å²) in [7, 11) is 0. The minimum absolute atomic E-state index is 0.235. The summed E-state index contributed by atoms with van der Waals surface area (Å²) in [6.45, 7) is 15.7. The van der Waals surface area contributed by atoms with Crippen molar-refractivity contribution in [3.63, 3.8) is 0 Å². The van der Waals surface area contributed by atoms with Gasteiger partial charge in [-0.25, -0.2) is 4.98 Å². The molecule has 0 bridgehead atoms. The van der Waals surface area contributed by atoms with E-state index in [4.69, 9.17) is 0 Å². The van der Waals surface area contributed by atoms with Gasteiger partial charge in [0.05, 0.1) is 0 Å². The van der Waals surface area contributed by atoms with Crippen LogP contribution < -0.4 is 5.32 Å². The number of hydrogen-bond donors (Lipinski definition) is 1. The number of imidazole rings is 1. The van der Waals surface area contributed by atoms with Gasteiger partial charge in [0.1, 0.15) is 5.82 Å². The van der Waals surface area contributed by atoms with Crippen LogP contribution in [0.4, 0.5) is 0 Å². The predicted octanol–water partition coefficient (Wildman–Crippen LogP) is 2.29. The van der Waals surface area contributed by atoms with E-state index < -0.39 is 0 Å². The summed E-state index contributed by atoms with van der Waals surface area (Å²) in [6.07, 6.45) is 5.21. The number of rotatable bonds is 5. The van der Waals surface area contributed by atoms with Gasteiger partial charge in [-0.1, -0.05) is 20.3 Å². The molecule has 1 N–H and O–H groups in total. The zero-order valence-corrected chi connectivity index (χ0v) is 13.7. The summed E-state index contributed by atoms with van der Waals surface area (Å²) in [5, 5.41) is 3.73. The lowest BCUT2D eigenvalue weighted by molar-refractivity contribution is 0.0488. The summed E-state index contributed by atoms with van der Waals surface area (Å²) in [6, 6.07) is 0.622. The van der Waals surface area contributed by atoms with E-state index in [1.807, 2.05) is 6.20 Å². The van der Waals surface area contributed by atoms with Crippen LogP contribution in [0, 0.1) is 12.8 Å². The van der Waals surface area contributed by atoms with Crippen molar-refractivity contribution in [2.45, 2.75) is 59.2 Å². The molecule has 1 fully saturated rings. The first-order chi connectivity index (χ1) is 9.44. The topological polar surface area (TPSA) is 33.1 Å². The Balaban J connectivity index is 1.97. The van der Waals surface area contributed by atoms with Crippen molar-refractivity contribution in [2.24, 2.45) is 5.92 Å². The second kappa shape index (κ2) is 6.27. The third-order valence-corrected chi connectivity index (χ3v) is 4.94. The SMILES string of the molecule is CCC(C)C1CN(CCn2ccnc2C)C(C)(C)CN1. The molecule has 4 nitrogen and oxygen atoms in total. The zero-order chi connectivity index (χ0) is 14.8. The first kappa shape index (κ1) is 15.5. The van der Waals surface area contributed by atoms with Crippen molar-refractivity contribution in [1.29, 1.82) is 0 Å². The quantitative estimate of drug-likeness (QED) is 0.897. The summed E-state index contributed by atoms with van der Waals surface area (Å²) < 4.78 is 2.25. The van der Waals surface area contributed by atoms with Gasteiger partial charge in [0, 0.05) is 50.2 Å². The molecule has 20 heavy (non-hydrogen) atoms. The largest absolute Gasteiger partial charge is 0.334 e. The number of hydrogen-bond acceptors (Lipinski definition) is 3. The normalized spacial score (nSPS) is 24.8. The highest BCUT2D eigenvalue weighted by Crippen LogP contribution is 2.22. The van der Waals surface area contributed by atoms with E-state index in [9.17, 15) is 0 Å². The third kappa shape index (κ3) is 3.41. The first-order valence-corrected chi connectivity index (χ1v) is 7.90. The second-order valence-electron chi connectivity index (χ2n) is 6.80. The van der Waals surface area contributed by atoms with Gasteiger partial charge in [-0.05, 0) is 26.7 Å². The molecule has 2 rings (SSSR count). The van der Waals surface area contributed by atoms with Crippen molar-refractivity contribution in [3.05, 3.63) is 18.2 Å². The molecule has 2 unspecified atom stereocenters. The average Bonchev–Trinajstić information content (AvgIpc) is 2.82.